The van der Waals surface area contributed by atoms with Crippen molar-refractivity contribution in [2.75, 3.05) is 40.4 Å². The molecular formula is C29H35N3O4. The molecule has 0 radical (unpaired) electrons. The van der Waals surface area contributed by atoms with Crippen LogP contribution in [0.1, 0.15) is 43.2 Å². The SMILES string of the molecule is Cc1cc(C)cc(OCCN(C)C(=O)c2cccc(C(=O)N(C)CCOc3cc(C)cc(C)c3)n2)c1. The summed E-state index contributed by atoms with van der Waals surface area (Å²) in [4.78, 5) is 33.2. The molecule has 7 heteroatoms. The van der Waals surface area contributed by atoms with Crippen molar-refractivity contribution >= 4 is 11.8 Å². The zero-order valence-corrected chi connectivity index (χ0v) is 22.0. The molecule has 0 saturated heterocycles. The van der Waals surface area contributed by atoms with Crippen molar-refractivity contribution in [3.8, 4) is 11.5 Å². The number of hydrogen-bond donors (Lipinski definition) is 0. The zero-order chi connectivity index (χ0) is 26.2. The smallest absolute Gasteiger partial charge is 0.272 e. The zero-order valence-electron chi connectivity index (χ0n) is 22.0. The summed E-state index contributed by atoms with van der Waals surface area (Å²) >= 11 is 0. The number of carbonyl (C=O) groups is 2. The lowest BCUT2D eigenvalue weighted by atomic mass is 10.1. The van der Waals surface area contributed by atoms with Gasteiger partial charge in [0.2, 0.25) is 0 Å². The lowest BCUT2D eigenvalue weighted by molar-refractivity contribution is 0.0759. The molecule has 3 rings (SSSR count). The lowest BCUT2D eigenvalue weighted by Crippen LogP contribution is -2.33. The third kappa shape index (κ3) is 7.57. The summed E-state index contributed by atoms with van der Waals surface area (Å²) in [5.74, 6) is 1.02. The van der Waals surface area contributed by atoms with E-state index in [2.05, 4.69) is 17.1 Å². The second-order valence-corrected chi connectivity index (χ2v) is 9.21. The first kappa shape index (κ1) is 26.7. The average molecular weight is 490 g/mol. The van der Waals surface area contributed by atoms with Crippen LogP contribution in [0.2, 0.25) is 0 Å². The van der Waals surface area contributed by atoms with E-state index in [0.717, 1.165) is 33.8 Å². The number of ether oxygens (including phenoxy) is 2. The van der Waals surface area contributed by atoms with Crippen molar-refractivity contribution in [3.05, 3.63) is 88.2 Å². The molecule has 36 heavy (non-hydrogen) atoms. The van der Waals surface area contributed by atoms with Crippen molar-refractivity contribution in [3.63, 3.8) is 0 Å². The number of aromatic nitrogens is 1. The number of rotatable bonds is 10. The van der Waals surface area contributed by atoms with Crippen molar-refractivity contribution < 1.29 is 19.1 Å². The minimum absolute atomic E-state index is 0.217. The summed E-state index contributed by atoms with van der Waals surface area (Å²) in [5.41, 5.74) is 4.94. The largest absolute Gasteiger partial charge is 0.492 e. The van der Waals surface area contributed by atoms with E-state index in [1.807, 2.05) is 52.0 Å². The standard InChI is InChI=1S/C29H35N3O4/c1-20-14-21(2)17-24(16-20)35-12-10-31(5)28(33)26-8-7-9-27(30-26)29(34)32(6)11-13-36-25-18-22(3)15-23(4)19-25/h7-9,14-19H,10-13H2,1-6H3. The number of carbonyl (C=O) groups excluding carboxylic acids is 2. The maximum atomic E-state index is 12.9. The minimum Gasteiger partial charge on any atom is -0.492 e. The number of aryl methyl sites for hydroxylation is 4. The van der Waals surface area contributed by atoms with Crippen LogP contribution in [0.15, 0.2) is 54.6 Å². The normalized spacial score (nSPS) is 10.6. The molecule has 2 aromatic carbocycles. The van der Waals surface area contributed by atoms with Gasteiger partial charge < -0.3 is 19.3 Å². The Kier molecular flexibility index (Phi) is 9.06. The molecule has 0 atom stereocenters. The van der Waals surface area contributed by atoms with Gasteiger partial charge in [0.1, 0.15) is 36.1 Å². The van der Waals surface area contributed by atoms with E-state index in [4.69, 9.17) is 9.47 Å². The van der Waals surface area contributed by atoms with Gasteiger partial charge in [0.25, 0.3) is 11.8 Å². The molecule has 0 fully saturated rings. The second kappa shape index (κ2) is 12.2. The molecule has 1 heterocycles. The monoisotopic (exact) mass is 489 g/mol. The summed E-state index contributed by atoms with van der Waals surface area (Å²) in [5, 5.41) is 0. The van der Waals surface area contributed by atoms with Crippen LogP contribution in [0.25, 0.3) is 0 Å². The molecule has 3 aromatic rings. The van der Waals surface area contributed by atoms with Crippen LogP contribution in [0.5, 0.6) is 11.5 Å². The van der Waals surface area contributed by atoms with E-state index in [0.29, 0.717) is 26.3 Å². The first-order valence-corrected chi connectivity index (χ1v) is 12.0. The molecule has 2 amide bonds. The van der Waals surface area contributed by atoms with Gasteiger partial charge in [0.15, 0.2) is 0 Å². The molecule has 0 aliphatic heterocycles. The summed E-state index contributed by atoms with van der Waals surface area (Å²) in [7, 11) is 3.39. The van der Waals surface area contributed by atoms with E-state index < -0.39 is 0 Å². The van der Waals surface area contributed by atoms with Gasteiger partial charge in [0, 0.05) is 14.1 Å². The van der Waals surface area contributed by atoms with Crippen LogP contribution >= 0.6 is 0 Å². The number of hydrogen-bond acceptors (Lipinski definition) is 5. The fourth-order valence-corrected chi connectivity index (χ4v) is 3.90. The van der Waals surface area contributed by atoms with Crippen LogP contribution in [0, 0.1) is 27.7 Å². The van der Waals surface area contributed by atoms with E-state index in [1.54, 1.807) is 42.1 Å². The lowest BCUT2D eigenvalue weighted by Gasteiger charge is -2.19. The molecule has 0 spiro atoms. The molecule has 1 aromatic heterocycles. The van der Waals surface area contributed by atoms with Crippen molar-refractivity contribution in [2.24, 2.45) is 0 Å². The molecule has 0 aliphatic carbocycles. The number of nitrogens with zero attached hydrogens (tertiary/aromatic N) is 3. The van der Waals surface area contributed by atoms with Gasteiger partial charge in [0.05, 0.1) is 13.1 Å². The van der Waals surface area contributed by atoms with E-state index in [1.165, 1.54) is 0 Å². The first-order chi connectivity index (χ1) is 17.1. The highest BCUT2D eigenvalue weighted by Gasteiger charge is 2.18. The first-order valence-electron chi connectivity index (χ1n) is 12.0. The fraction of sp³-hybridized carbons (Fsp3) is 0.345. The Morgan fingerprint density at radius 1 is 0.667 bits per heavy atom. The fourth-order valence-electron chi connectivity index (χ4n) is 3.90. The maximum absolute atomic E-state index is 12.9. The molecule has 0 aliphatic rings. The van der Waals surface area contributed by atoms with Crippen molar-refractivity contribution in [1.29, 1.82) is 0 Å². The Morgan fingerprint density at radius 2 is 1.03 bits per heavy atom. The maximum Gasteiger partial charge on any atom is 0.272 e. The van der Waals surface area contributed by atoms with Gasteiger partial charge in [-0.1, -0.05) is 18.2 Å². The Morgan fingerprint density at radius 3 is 1.39 bits per heavy atom. The van der Waals surface area contributed by atoms with Gasteiger partial charge in [-0.2, -0.15) is 0 Å². The summed E-state index contributed by atoms with van der Waals surface area (Å²) in [6.45, 7) is 9.56. The second-order valence-electron chi connectivity index (χ2n) is 9.21. The third-order valence-corrected chi connectivity index (χ3v) is 5.66. The van der Waals surface area contributed by atoms with Crippen LogP contribution in [0.3, 0.4) is 0 Å². The Bertz CT molecular complexity index is 1090. The molecule has 190 valence electrons. The quantitative estimate of drug-likeness (QED) is 0.416. The highest BCUT2D eigenvalue weighted by Crippen LogP contribution is 2.17. The van der Waals surface area contributed by atoms with Crippen LogP contribution < -0.4 is 9.47 Å². The molecule has 0 unspecified atom stereocenters. The predicted molar refractivity (Wildman–Crippen MR) is 141 cm³/mol. The summed E-state index contributed by atoms with van der Waals surface area (Å²) in [6, 6.07) is 16.9. The van der Waals surface area contributed by atoms with Crippen LogP contribution in [-0.4, -0.2) is 67.0 Å². The van der Waals surface area contributed by atoms with E-state index in [-0.39, 0.29) is 23.2 Å². The van der Waals surface area contributed by atoms with Gasteiger partial charge >= 0.3 is 0 Å². The highest BCUT2D eigenvalue weighted by atomic mass is 16.5. The third-order valence-electron chi connectivity index (χ3n) is 5.66. The molecule has 0 saturated carbocycles. The van der Waals surface area contributed by atoms with Gasteiger partial charge in [-0.15, -0.1) is 0 Å². The predicted octanol–water partition coefficient (Wildman–Crippen LogP) is 4.62. The van der Waals surface area contributed by atoms with E-state index in [9.17, 15) is 9.59 Å². The molecule has 0 bridgehead atoms. The van der Waals surface area contributed by atoms with Crippen LogP contribution in [0.4, 0.5) is 0 Å². The number of pyridine rings is 1. The number of benzene rings is 2. The summed E-state index contributed by atoms with van der Waals surface area (Å²) in [6.07, 6.45) is 0. The Hall–Kier alpha value is -3.87. The van der Waals surface area contributed by atoms with E-state index >= 15 is 0 Å². The van der Waals surface area contributed by atoms with Crippen LogP contribution in [-0.2, 0) is 0 Å². The topological polar surface area (TPSA) is 72.0 Å². The average Bonchev–Trinajstić information content (AvgIpc) is 2.81. The van der Waals surface area contributed by atoms with Crippen molar-refractivity contribution in [2.45, 2.75) is 27.7 Å². The Balaban J connectivity index is 1.52. The number of amides is 2. The minimum atomic E-state index is -0.269. The summed E-state index contributed by atoms with van der Waals surface area (Å²) < 4.78 is 11.6. The molecule has 0 N–H and O–H groups in total. The van der Waals surface area contributed by atoms with Gasteiger partial charge in [-0.3, -0.25) is 9.59 Å². The highest BCUT2D eigenvalue weighted by molar-refractivity contribution is 5.96. The molecular weight excluding hydrogens is 454 g/mol. The van der Waals surface area contributed by atoms with Crippen molar-refractivity contribution in [1.82, 2.24) is 14.8 Å². The molecule has 7 nitrogen and oxygen atoms in total. The van der Waals surface area contributed by atoms with Gasteiger partial charge in [-0.25, -0.2) is 4.98 Å². The van der Waals surface area contributed by atoms with Gasteiger partial charge in [-0.05, 0) is 86.3 Å². The number of likely N-dealkylation sites (N-methyl/N-ethyl adjacent to an activating group) is 2. The Labute approximate surface area is 213 Å².